The number of carbonyl (C=O) groups excluding carboxylic acids is 4. The van der Waals surface area contributed by atoms with Crippen molar-refractivity contribution in [3.05, 3.63) is 142 Å². The fourth-order valence-electron chi connectivity index (χ4n) is 6.71. The number of fused-ring (bicyclic) bond motifs is 2. The van der Waals surface area contributed by atoms with E-state index in [1.54, 1.807) is 60.9 Å². The summed E-state index contributed by atoms with van der Waals surface area (Å²) >= 11 is 12.8. The average molecular weight is 774 g/mol. The molecule has 6 aromatic rings. The molecule has 2 heterocycles. The van der Waals surface area contributed by atoms with Crippen LogP contribution in [0.25, 0.3) is 21.8 Å². The normalized spacial score (nSPS) is 12.6. The third-order valence-corrected chi connectivity index (χ3v) is 9.99. The van der Waals surface area contributed by atoms with Crippen molar-refractivity contribution >= 4 is 68.9 Å². The zero-order valence-corrected chi connectivity index (χ0v) is 31.2. The van der Waals surface area contributed by atoms with Gasteiger partial charge in [0.15, 0.2) is 0 Å². The average Bonchev–Trinajstić information content (AvgIpc) is 3.83. The van der Waals surface area contributed by atoms with Gasteiger partial charge in [0.25, 0.3) is 0 Å². The molecule has 0 aliphatic rings. The van der Waals surface area contributed by atoms with Crippen LogP contribution >= 0.6 is 23.2 Å². The van der Waals surface area contributed by atoms with Gasteiger partial charge in [0.1, 0.15) is 0 Å². The molecule has 0 amide bonds. The number of benzene rings is 4. The lowest BCUT2D eigenvalue weighted by Crippen LogP contribution is -2.60. The van der Waals surface area contributed by atoms with Gasteiger partial charge in [-0.2, -0.15) is 0 Å². The molecule has 0 saturated carbocycles. The number of methoxy groups -OCH3 is 4. The van der Waals surface area contributed by atoms with Crippen LogP contribution in [0.2, 0.25) is 10.0 Å². The first kappa shape index (κ1) is 39.5. The van der Waals surface area contributed by atoms with Gasteiger partial charge < -0.3 is 40.4 Å². The molecular weight excluding hydrogens is 735 g/mol. The van der Waals surface area contributed by atoms with Gasteiger partial charge in [-0.1, -0.05) is 96.0 Å². The third kappa shape index (κ3) is 7.04. The Morgan fingerprint density at radius 3 is 1.11 bits per heavy atom. The zero-order chi connectivity index (χ0) is 39.2. The lowest BCUT2D eigenvalue weighted by molar-refractivity contribution is -0.163. The highest BCUT2D eigenvalue weighted by Crippen LogP contribution is 2.43. The summed E-state index contributed by atoms with van der Waals surface area (Å²) in [5.41, 5.74) is 12.5. The first-order chi connectivity index (χ1) is 25.9. The number of para-hydroxylation sites is 2. The summed E-state index contributed by atoms with van der Waals surface area (Å²) in [5.74, 6) is -5.51. The lowest BCUT2D eigenvalue weighted by atomic mass is 9.75. The second-order valence-electron chi connectivity index (χ2n) is 12.2. The first-order valence-corrected chi connectivity index (χ1v) is 17.2. The van der Waals surface area contributed by atoms with Gasteiger partial charge in [0.2, 0.25) is 11.1 Å². The first-order valence-electron chi connectivity index (χ1n) is 16.4. The monoisotopic (exact) mass is 772 g/mol. The quantitative estimate of drug-likeness (QED) is 0.0731. The Morgan fingerprint density at radius 1 is 0.500 bits per heavy atom. The Kier molecular flexibility index (Phi) is 12.1. The molecule has 14 heteroatoms. The minimum absolute atomic E-state index is 0.371. The molecule has 2 aromatic heterocycles. The maximum absolute atomic E-state index is 12.7. The Balaban J connectivity index is 0.000000208. The highest BCUT2D eigenvalue weighted by atomic mass is 35.5. The summed E-state index contributed by atoms with van der Waals surface area (Å²) in [7, 11) is 4.69. The van der Waals surface area contributed by atoms with E-state index < -0.39 is 46.8 Å². The SMILES string of the molecule is COC(=O)C(N)(C(=O)OC)[C@@H](c1ccccc1Cl)c1c[nH]c2ccccc12.COC(=O)C(N)(C(=O)OC)[C@@H](c1ccccc1Cl)c1c[nH]c2ccccc12. The Bertz CT molecular complexity index is 2130. The molecule has 0 spiro atoms. The molecule has 12 nitrogen and oxygen atoms in total. The summed E-state index contributed by atoms with van der Waals surface area (Å²) in [5, 5.41) is 2.36. The van der Waals surface area contributed by atoms with Gasteiger partial charge in [-0.3, -0.25) is 0 Å². The van der Waals surface area contributed by atoms with E-state index in [4.69, 9.17) is 53.6 Å². The van der Waals surface area contributed by atoms with Crippen LogP contribution in [0, 0.1) is 0 Å². The number of nitrogens with one attached hydrogen (secondary N) is 2. The fourth-order valence-corrected chi connectivity index (χ4v) is 7.20. The number of aromatic amines is 2. The number of halogens is 2. The number of H-pyrrole nitrogens is 2. The van der Waals surface area contributed by atoms with E-state index in [2.05, 4.69) is 9.97 Å². The second-order valence-corrected chi connectivity index (χ2v) is 13.0. The van der Waals surface area contributed by atoms with Crippen LogP contribution in [0.3, 0.4) is 0 Å². The predicted octanol–water partition coefficient (Wildman–Crippen LogP) is 5.99. The van der Waals surface area contributed by atoms with Gasteiger partial charge in [-0.05, 0) is 46.5 Å². The van der Waals surface area contributed by atoms with E-state index in [0.29, 0.717) is 32.3 Å². The molecule has 0 bridgehead atoms. The largest absolute Gasteiger partial charge is 0.467 e. The number of hydrogen-bond acceptors (Lipinski definition) is 10. The summed E-state index contributed by atoms with van der Waals surface area (Å²) in [4.78, 5) is 57.0. The van der Waals surface area contributed by atoms with Crippen LogP contribution in [-0.4, -0.2) is 73.4 Å². The number of aromatic nitrogens is 2. The van der Waals surface area contributed by atoms with Gasteiger partial charge in [-0.15, -0.1) is 0 Å². The number of nitrogens with two attached hydrogens (primary N) is 2. The molecule has 0 fully saturated rings. The number of rotatable bonds is 10. The standard InChI is InChI=1S/2C20H19ClN2O4/c2*1-26-18(24)20(22,19(25)27-2)17(13-8-3-5-9-15(13)21)14-11-23-16-10-6-4-7-12(14)16/h2*3-11,17,23H,22H2,1-2H3/t2*17-/m00/s1. The molecule has 4 aromatic carbocycles. The predicted molar refractivity (Wildman–Crippen MR) is 205 cm³/mol. The highest BCUT2D eigenvalue weighted by Gasteiger charge is 2.55. The minimum atomic E-state index is -2.13. The van der Waals surface area contributed by atoms with Crippen LogP contribution in [0.15, 0.2) is 109 Å². The van der Waals surface area contributed by atoms with Crippen LogP contribution in [-0.2, 0) is 38.1 Å². The van der Waals surface area contributed by atoms with Gasteiger partial charge in [0, 0.05) is 44.2 Å². The summed E-state index contributed by atoms with van der Waals surface area (Å²) in [6.07, 6.45) is 3.43. The van der Waals surface area contributed by atoms with E-state index in [1.807, 2.05) is 48.5 Å². The molecule has 0 radical (unpaired) electrons. The molecule has 0 saturated heterocycles. The number of esters is 4. The maximum atomic E-state index is 12.7. The van der Waals surface area contributed by atoms with E-state index >= 15 is 0 Å². The van der Waals surface area contributed by atoms with Crippen molar-refractivity contribution in [1.82, 2.24) is 9.97 Å². The van der Waals surface area contributed by atoms with Crippen molar-refractivity contribution in [3.63, 3.8) is 0 Å². The lowest BCUT2D eigenvalue weighted by Gasteiger charge is -2.33. The van der Waals surface area contributed by atoms with E-state index in [0.717, 1.165) is 21.8 Å². The Hall–Kier alpha value is -5.66. The van der Waals surface area contributed by atoms with Crippen molar-refractivity contribution in [2.45, 2.75) is 22.9 Å². The van der Waals surface area contributed by atoms with Crippen molar-refractivity contribution in [2.24, 2.45) is 11.5 Å². The van der Waals surface area contributed by atoms with Crippen LogP contribution in [0.4, 0.5) is 0 Å². The van der Waals surface area contributed by atoms with E-state index in [1.165, 1.54) is 28.4 Å². The third-order valence-electron chi connectivity index (χ3n) is 9.30. The highest BCUT2D eigenvalue weighted by molar-refractivity contribution is 6.32. The molecule has 54 heavy (non-hydrogen) atoms. The summed E-state index contributed by atoms with van der Waals surface area (Å²) in [6, 6.07) is 28.8. The molecule has 280 valence electrons. The van der Waals surface area contributed by atoms with Crippen molar-refractivity contribution in [2.75, 3.05) is 28.4 Å². The van der Waals surface area contributed by atoms with Crippen molar-refractivity contribution in [3.8, 4) is 0 Å². The number of carbonyl (C=O) groups is 4. The molecule has 0 aliphatic heterocycles. The minimum Gasteiger partial charge on any atom is -0.467 e. The van der Waals surface area contributed by atoms with Crippen LogP contribution in [0.1, 0.15) is 34.1 Å². The van der Waals surface area contributed by atoms with Gasteiger partial charge in [-0.25, -0.2) is 19.2 Å². The molecular formula is C40H38Cl2N4O8. The van der Waals surface area contributed by atoms with Gasteiger partial charge >= 0.3 is 23.9 Å². The number of ether oxygens (including phenoxy) is 4. The second kappa shape index (κ2) is 16.6. The Morgan fingerprint density at radius 2 is 0.796 bits per heavy atom. The summed E-state index contributed by atoms with van der Waals surface area (Å²) in [6.45, 7) is 0. The molecule has 0 unspecified atom stereocenters. The molecule has 6 N–H and O–H groups in total. The Labute approximate surface area is 320 Å². The maximum Gasteiger partial charge on any atom is 0.338 e. The van der Waals surface area contributed by atoms with Crippen molar-refractivity contribution < 1.29 is 38.1 Å². The number of hydrogen-bond donors (Lipinski definition) is 4. The van der Waals surface area contributed by atoms with E-state index in [-0.39, 0.29) is 0 Å². The zero-order valence-electron chi connectivity index (χ0n) is 29.7. The topological polar surface area (TPSA) is 189 Å². The fraction of sp³-hybridized carbons (Fsp3) is 0.200. The van der Waals surface area contributed by atoms with E-state index in [9.17, 15) is 19.2 Å². The molecule has 0 aliphatic carbocycles. The smallest absolute Gasteiger partial charge is 0.338 e. The summed E-state index contributed by atoms with van der Waals surface area (Å²) < 4.78 is 19.5. The van der Waals surface area contributed by atoms with Crippen molar-refractivity contribution in [1.29, 1.82) is 0 Å². The van der Waals surface area contributed by atoms with Crippen LogP contribution < -0.4 is 11.5 Å². The molecule has 6 rings (SSSR count). The van der Waals surface area contributed by atoms with Gasteiger partial charge in [0.05, 0.1) is 40.3 Å². The van der Waals surface area contributed by atoms with Crippen LogP contribution in [0.5, 0.6) is 0 Å². The molecule has 2 atom stereocenters.